The first kappa shape index (κ1) is 18.8. The standard InChI is InChI=1S/C17H32N2O3/c1-12(2)9-10-13(3)18-15(20)14-8-7-11-19(14)16(21)22-17(4,5)6/h12-14H,7-11H2,1-6H3,(H,18,20). The number of likely N-dealkylation sites (tertiary alicyclic amines) is 1. The molecule has 0 aromatic rings. The summed E-state index contributed by atoms with van der Waals surface area (Å²) >= 11 is 0. The average molecular weight is 312 g/mol. The highest BCUT2D eigenvalue weighted by Crippen LogP contribution is 2.21. The zero-order chi connectivity index (χ0) is 16.9. The first-order chi connectivity index (χ1) is 10.1. The predicted molar refractivity (Wildman–Crippen MR) is 87.6 cm³/mol. The van der Waals surface area contributed by atoms with Gasteiger partial charge < -0.3 is 10.1 Å². The van der Waals surface area contributed by atoms with E-state index in [4.69, 9.17) is 4.74 Å². The summed E-state index contributed by atoms with van der Waals surface area (Å²) in [6.45, 7) is 12.5. The van der Waals surface area contributed by atoms with Gasteiger partial charge >= 0.3 is 6.09 Å². The Morgan fingerprint density at radius 2 is 1.86 bits per heavy atom. The molecule has 2 unspecified atom stereocenters. The number of nitrogens with one attached hydrogen (secondary N) is 1. The molecule has 0 aromatic heterocycles. The van der Waals surface area contributed by atoms with Crippen LogP contribution in [0.25, 0.3) is 0 Å². The Morgan fingerprint density at radius 1 is 1.23 bits per heavy atom. The molecule has 1 aliphatic heterocycles. The molecular formula is C17H32N2O3. The van der Waals surface area contributed by atoms with Gasteiger partial charge in [0, 0.05) is 12.6 Å². The molecular weight excluding hydrogens is 280 g/mol. The first-order valence-electron chi connectivity index (χ1n) is 8.40. The number of hydrogen-bond donors (Lipinski definition) is 1. The highest BCUT2D eigenvalue weighted by molar-refractivity contribution is 5.86. The molecule has 0 saturated carbocycles. The SMILES string of the molecule is CC(C)CCC(C)NC(=O)C1CCCN1C(=O)OC(C)(C)C. The van der Waals surface area contributed by atoms with Crippen LogP contribution in [0.1, 0.15) is 67.2 Å². The molecule has 1 fully saturated rings. The van der Waals surface area contributed by atoms with Gasteiger partial charge in [-0.05, 0) is 59.3 Å². The van der Waals surface area contributed by atoms with Gasteiger partial charge in [-0.15, -0.1) is 0 Å². The summed E-state index contributed by atoms with van der Waals surface area (Å²) in [6, 6.07) is -0.257. The number of carbonyl (C=O) groups is 2. The molecule has 2 atom stereocenters. The van der Waals surface area contributed by atoms with E-state index in [1.165, 1.54) is 0 Å². The second kappa shape index (κ2) is 7.84. The molecule has 2 amide bonds. The van der Waals surface area contributed by atoms with Crippen molar-refractivity contribution in [2.75, 3.05) is 6.54 Å². The molecule has 0 aliphatic carbocycles. The van der Waals surface area contributed by atoms with Gasteiger partial charge in [-0.3, -0.25) is 9.69 Å². The Balaban J connectivity index is 2.54. The van der Waals surface area contributed by atoms with Gasteiger partial charge in [0.15, 0.2) is 0 Å². The smallest absolute Gasteiger partial charge is 0.410 e. The average Bonchev–Trinajstić information content (AvgIpc) is 2.83. The minimum absolute atomic E-state index is 0.0559. The third-order valence-electron chi connectivity index (χ3n) is 3.75. The minimum Gasteiger partial charge on any atom is -0.444 e. The van der Waals surface area contributed by atoms with Crippen LogP contribution in [-0.2, 0) is 9.53 Å². The zero-order valence-electron chi connectivity index (χ0n) is 14.9. The fraction of sp³-hybridized carbons (Fsp3) is 0.882. The maximum atomic E-state index is 12.4. The zero-order valence-corrected chi connectivity index (χ0v) is 14.9. The van der Waals surface area contributed by atoms with Crippen molar-refractivity contribution in [3.63, 3.8) is 0 Å². The van der Waals surface area contributed by atoms with Gasteiger partial charge in [0.2, 0.25) is 5.91 Å². The lowest BCUT2D eigenvalue weighted by Crippen LogP contribution is -2.49. The maximum Gasteiger partial charge on any atom is 0.410 e. The Bertz CT molecular complexity index is 388. The van der Waals surface area contributed by atoms with E-state index in [0.29, 0.717) is 18.9 Å². The van der Waals surface area contributed by atoms with Crippen molar-refractivity contribution in [1.29, 1.82) is 0 Å². The molecule has 0 radical (unpaired) electrons. The molecule has 1 aliphatic rings. The number of hydrogen-bond acceptors (Lipinski definition) is 3. The van der Waals surface area contributed by atoms with Gasteiger partial charge in [-0.2, -0.15) is 0 Å². The number of amides is 2. The summed E-state index contributed by atoms with van der Waals surface area (Å²) in [5.41, 5.74) is -0.536. The fourth-order valence-corrected chi connectivity index (χ4v) is 2.57. The van der Waals surface area contributed by atoms with Crippen LogP contribution in [-0.4, -0.2) is 41.1 Å². The highest BCUT2D eigenvalue weighted by Gasteiger charge is 2.36. The highest BCUT2D eigenvalue weighted by atomic mass is 16.6. The quantitative estimate of drug-likeness (QED) is 0.847. The number of nitrogens with zero attached hydrogens (tertiary/aromatic N) is 1. The van der Waals surface area contributed by atoms with E-state index in [1.54, 1.807) is 4.90 Å². The Labute approximate surface area is 134 Å². The molecule has 5 heteroatoms. The Kier molecular flexibility index (Phi) is 6.69. The Morgan fingerprint density at radius 3 is 2.41 bits per heavy atom. The third-order valence-corrected chi connectivity index (χ3v) is 3.75. The van der Waals surface area contributed by atoms with E-state index in [2.05, 4.69) is 19.2 Å². The monoisotopic (exact) mass is 312 g/mol. The second-order valence-corrected chi connectivity index (χ2v) is 7.71. The summed E-state index contributed by atoms with van der Waals surface area (Å²) in [5.74, 6) is 0.573. The first-order valence-corrected chi connectivity index (χ1v) is 8.40. The molecule has 1 saturated heterocycles. The van der Waals surface area contributed by atoms with Crippen molar-refractivity contribution in [2.45, 2.75) is 84.9 Å². The lowest BCUT2D eigenvalue weighted by atomic mass is 10.0. The predicted octanol–water partition coefficient (Wildman–Crippen LogP) is 3.33. The van der Waals surface area contributed by atoms with Crippen molar-refractivity contribution in [2.24, 2.45) is 5.92 Å². The maximum absolute atomic E-state index is 12.4. The van der Waals surface area contributed by atoms with E-state index < -0.39 is 11.6 Å². The van der Waals surface area contributed by atoms with E-state index >= 15 is 0 Å². The van der Waals surface area contributed by atoms with E-state index in [9.17, 15) is 9.59 Å². The van der Waals surface area contributed by atoms with Crippen molar-refractivity contribution in [3.8, 4) is 0 Å². The van der Waals surface area contributed by atoms with Gasteiger partial charge in [0.25, 0.3) is 0 Å². The lowest BCUT2D eigenvalue weighted by molar-refractivity contribution is -0.126. The van der Waals surface area contributed by atoms with Gasteiger partial charge in [0.1, 0.15) is 11.6 Å². The van der Waals surface area contributed by atoms with E-state index in [0.717, 1.165) is 19.3 Å². The topological polar surface area (TPSA) is 58.6 Å². The van der Waals surface area contributed by atoms with Crippen LogP contribution in [0.4, 0.5) is 4.79 Å². The third kappa shape index (κ3) is 6.24. The minimum atomic E-state index is -0.536. The molecule has 1 N–H and O–H groups in total. The Hall–Kier alpha value is -1.26. The normalized spacial score (nSPS) is 20.1. The van der Waals surface area contributed by atoms with E-state index in [-0.39, 0.29) is 18.0 Å². The molecule has 0 spiro atoms. The summed E-state index contributed by atoms with van der Waals surface area (Å²) in [4.78, 5) is 26.2. The van der Waals surface area contributed by atoms with E-state index in [1.807, 2.05) is 27.7 Å². The molecule has 1 heterocycles. The second-order valence-electron chi connectivity index (χ2n) is 7.71. The number of rotatable bonds is 5. The van der Waals surface area contributed by atoms with Crippen LogP contribution < -0.4 is 5.32 Å². The summed E-state index contributed by atoms with van der Waals surface area (Å²) in [5, 5.41) is 3.04. The molecule has 22 heavy (non-hydrogen) atoms. The van der Waals surface area contributed by atoms with Crippen LogP contribution in [0.5, 0.6) is 0 Å². The van der Waals surface area contributed by atoms with Gasteiger partial charge in [0.05, 0.1) is 0 Å². The van der Waals surface area contributed by atoms with Crippen LogP contribution in [0, 0.1) is 5.92 Å². The molecule has 5 nitrogen and oxygen atoms in total. The summed E-state index contributed by atoms with van der Waals surface area (Å²) in [6.07, 6.45) is 3.21. The molecule has 128 valence electrons. The van der Waals surface area contributed by atoms with Crippen LogP contribution in [0.3, 0.4) is 0 Å². The van der Waals surface area contributed by atoms with Gasteiger partial charge in [-0.25, -0.2) is 4.79 Å². The number of ether oxygens (including phenoxy) is 1. The van der Waals surface area contributed by atoms with Gasteiger partial charge in [-0.1, -0.05) is 13.8 Å². The van der Waals surface area contributed by atoms with Crippen LogP contribution in [0.2, 0.25) is 0 Å². The largest absolute Gasteiger partial charge is 0.444 e. The van der Waals surface area contributed by atoms with Crippen molar-refractivity contribution in [1.82, 2.24) is 10.2 Å². The van der Waals surface area contributed by atoms with Crippen molar-refractivity contribution >= 4 is 12.0 Å². The summed E-state index contributed by atoms with van der Waals surface area (Å²) in [7, 11) is 0. The number of carbonyl (C=O) groups excluding carboxylic acids is 2. The molecule has 0 bridgehead atoms. The lowest BCUT2D eigenvalue weighted by Gasteiger charge is -2.28. The fourth-order valence-electron chi connectivity index (χ4n) is 2.57. The molecule has 1 rings (SSSR count). The van der Waals surface area contributed by atoms with Crippen LogP contribution >= 0.6 is 0 Å². The van der Waals surface area contributed by atoms with Crippen molar-refractivity contribution < 1.29 is 14.3 Å². The summed E-state index contributed by atoms with van der Waals surface area (Å²) < 4.78 is 5.39. The molecule has 0 aromatic carbocycles. The van der Waals surface area contributed by atoms with Crippen LogP contribution in [0.15, 0.2) is 0 Å². The van der Waals surface area contributed by atoms with Crippen molar-refractivity contribution in [3.05, 3.63) is 0 Å².